The largest absolute Gasteiger partial charge is 0.502 e. The van der Waals surface area contributed by atoms with Crippen LogP contribution in [0.5, 0.6) is 5.75 Å². The molecule has 2 aliphatic rings. The molecule has 0 radical (unpaired) electrons. The van der Waals surface area contributed by atoms with Crippen LogP contribution in [0.2, 0.25) is 0 Å². The van der Waals surface area contributed by atoms with E-state index in [1.54, 1.807) is 10.9 Å². The molecule has 1 aromatic heterocycles. The van der Waals surface area contributed by atoms with Crippen molar-refractivity contribution in [3.63, 3.8) is 0 Å². The van der Waals surface area contributed by atoms with Crippen LogP contribution in [0, 0.1) is 13.8 Å². The van der Waals surface area contributed by atoms with Gasteiger partial charge in [-0.2, -0.15) is 0 Å². The molecule has 0 unspecified atom stereocenters. The smallest absolute Gasteiger partial charge is 0.275 e. The van der Waals surface area contributed by atoms with Crippen LogP contribution in [-0.4, -0.2) is 22.4 Å². The van der Waals surface area contributed by atoms with E-state index in [1.807, 2.05) is 5.01 Å². The molecule has 6 nitrogen and oxygen atoms in total. The van der Waals surface area contributed by atoms with Gasteiger partial charge in [-0.25, -0.2) is 0 Å². The van der Waals surface area contributed by atoms with E-state index in [2.05, 4.69) is 55.6 Å². The van der Waals surface area contributed by atoms with Crippen LogP contribution in [0.25, 0.3) is 0 Å². The van der Waals surface area contributed by atoms with Crippen molar-refractivity contribution in [3.05, 3.63) is 98.0 Å². The minimum absolute atomic E-state index is 0.0265. The van der Waals surface area contributed by atoms with Crippen molar-refractivity contribution >= 4 is 5.91 Å². The van der Waals surface area contributed by atoms with Crippen molar-refractivity contribution in [2.24, 2.45) is 0 Å². The Labute approximate surface area is 174 Å². The molecule has 30 heavy (non-hydrogen) atoms. The number of aromatic hydroxyl groups is 1. The number of nitrogens with zero attached hydrogens (tertiary/aromatic N) is 2. The zero-order valence-corrected chi connectivity index (χ0v) is 17.0. The molecular weight excluding hydrogens is 378 g/mol. The molecule has 0 saturated carbocycles. The highest BCUT2D eigenvalue weighted by Crippen LogP contribution is 2.38. The Morgan fingerprint density at radius 3 is 2.13 bits per heavy atom. The molecule has 2 heterocycles. The van der Waals surface area contributed by atoms with E-state index in [-0.39, 0.29) is 18.4 Å². The summed E-state index contributed by atoms with van der Waals surface area (Å²) in [5.74, 6) is -0.980. The van der Waals surface area contributed by atoms with E-state index >= 15 is 0 Å². The summed E-state index contributed by atoms with van der Waals surface area (Å²) in [6, 6.07) is 14.2. The normalized spacial score (nSPS) is 15.7. The molecule has 6 heteroatoms. The highest BCUT2D eigenvalue weighted by Gasteiger charge is 2.35. The molecule has 0 saturated heterocycles. The number of benzene rings is 2. The second-order valence-electron chi connectivity index (χ2n) is 8.13. The molecule has 2 aromatic carbocycles. The number of nitrogens with one attached hydrogen (secondary N) is 1. The van der Waals surface area contributed by atoms with Crippen molar-refractivity contribution in [2.75, 3.05) is 11.7 Å². The summed E-state index contributed by atoms with van der Waals surface area (Å²) in [5.41, 5.74) is 6.64. The lowest BCUT2D eigenvalue weighted by atomic mass is 9.92. The van der Waals surface area contributed by atoms with Gasteiger partial charge in [-0.15, -0.1) is 0 Å². The first-order valence-electron chi connectivity index (χ1n) is 10.1. The fraction of sp³-hybridized carbons (Fsp3) is 0.250. The van der Waals surface area contributed by atoms with Crippen LogP contribution in [0.3, 0.4) is 0 Å². The van der Waals surface area contributed by atoms with Gasteiger partial charge in [0.1, 0.15) is 6.67 Å². The van der Waals surface area contributed by atoms with E-state index in [9.17, 15) is 14.7 Å². The number of amides is 1. The highest BCUT2D eigenvalue weighted by molar-refractivity contribution is 5.96. The second kappa shape index (κ2) is 6.76. The average molecular weight is 401 g/mol. The lowest BCUT2D eigenvalue weighted by molar-refractivity contribution is 0.0915. The van der Waals surface area contributed by atoms with E-state index in [1.165, 1.54) is 39.4 Å². The maximum Gasteiger partial charge on any atom is 0.275 e. The van der Waals surface area contributed by atoms with E-state index in [4.69, 9.17) is 0 Å². The number of rotatable bonds is 1. The Hall–Kier alpha value is -3.54. The van der Waals surface area contributed by atoms with E-state index in [0.717, 1.165) is 12.8 Å². The van der Waals surface area contributed by atoms with Crippen LogP contribution in [-0.2, 0) is 12.8 Å². The number of pyridine rings is 1. The number of fused-ring (bicyclic) bond motifs is 3. The van der Waals surface area contributed by atoms with Crippen molar-refractivity contribution < 1.29 is 9.90 Å². The predicted molar refractivity (Wildman–Crippen MR) is 115 cm³/mol. The summed E-state index contributed by atoms with van der Waals surface area (Å²) in [6.07, 6.45) is 3.45. The Morgan fingerprint density at radius 2 is 1.53 bits per heavy atom. The van der Waals surface area contributed by atoms with Crippen LogP contribution in [0.4, 0.5) is 0 Å². The molecule has 1 amide bonds. The molecule has 5 rings (SSSR count). The number of carbonyl (C=O) groups excluding carboxylic acids is 1. The zero-order chi connectivity index (χ0) is 21.0. The molecule has 0 fully saturated rings. The van der Waals surface area contributed by atoms with Gasteiger partial charge >= 0.3 is 0 Å². The average Bonchev–Trinajstić information content (AvgIpc) is 2.87. The lowest BCUT2D eigenvalue weighted by Crippen LogP contribution is -2.53. The molecule has 2 N–H and O–H groups in total. The third-order valence-corrected chi connectivity index (χ3v) is 6.10. The number of hydrogen-bond acceptors (Lipinski definition) is 4. The number of hydrogen-bond donors (Lipinski definition) is 2. The van der Waals surface area contributed by atoms with Gasteiger partial charge in [-0.3, -0.25) is 19.3 Å². The predicted octanol–water partition coefficient (Wildman–Crippen LogP) is 2.70. The molecular formula is C24H23N3O3. The molecule has 3 aromatic rings. The fourth-order valence-corrected chi connectivity index (χ4v) is 4.62. The molecule has 0 spiro atoms. The molecule has 152 valence electrons. The summed E-state index contributed by atoms with van der Waals surface area (Å²) in [4.78, 5) is 24.5. The maximum absolute atomic E-state index is 12.5. The number of aryl methyl sites for hydroxylation is 4. The third kappa shape index (κ3) is 2.79. The Balaban J connectivity index is 1.79. The molecule has 1 aliphatic carbocycles. The van der Waals surface area contributed by atoms with Gasteiger partial charge in [-0.05, 0) is 48.9 Å². The summed E-state index contributed by atoms with van der Waals surface area (Å²) in [6.45, 7) is 4.42. The van der Waals surface area contributed by atoms with Gasteiger partial charge in [0.25, 0.3) is 5.91 Å². The van der Waals surface area contributed by atoms with Gasteiger partial charge in [-0.1, -0.05) is 47.5 Å². The molecule has 0 atom stereocenters. The Morgan fingerprint density at radius 1 is 0.933 bits per heavy atom. The van der Waals surface area contributed by atoms with E-state index < -0.39 is 17.1 Å². The standard InChI is InChI=1S/C24H23N3O3/c1-14-3-5-16-7-8-17-6-4-15(2)12-19(17)21(18(16)11-14)27-13-25-24(30)22-23(29)20(28)9-10-26(22)27/h3-6,9-12,21,29H,7-8,13H2,1-2H3,(H,25,30). The van der Waals surface area contributed by atoms with Crippen molar-refractivity contribution in [1.29, 1.82) is 0 Å². The van der Waals surface area contributed by atoms with Crippen molar-refractivity contribution in [2.45, 2.75) is 32.7 Å². The first kappa shape index (κ1) is 18.5. The second-order valence-corrected chi connectivity index (χ2v) is 8.13. The number of aromatic nitrogens is 1. The topological polar surface area (TPSA) is 74.6 Å². The number of carbonyl (C=O) groups is 1. The van der Waals surface area contributed by atoms with E-state index in [0.29, 0.717) is 0 Å². The Bertz CT molecular complexity index is 1190. The van der Waals surface area contributed by atoms with Crippen LogP contribution in [0.1, 0.15) is 49.9 Å². The minimum Gasteiger partial charge on any atom is -0.502 e. The van der Waals surface area contributed by atoms with Gasteiger partial charge in [0.15, 0.2) is 11.4 Å². The van der Waals surface area contributed by atoms with Gasteiger partial charge in [0.2, 0.25) is 5.43 Å². The zero-order valence-electron chi connectivity index (χ0n) is 17.0. The first-order chi connectivity index (χ1) is 14.4. The Kier molecular flexibility index (Phi) is 4.17. The van der Waals surface area contributed by atoms with Gasteiger partial charge in [0.05, 0.1) is 6.04 Å². The summed E-state index contributed by atoms with van der Waals surface area (Å²) in [5, 5.41) is 15.2. The van der Waals surface area contributed by atoms with Gasteiger partial charge < -0.3 is 10.4 Å². The quantitative estimate of drug-likeness (QED) is 0.658. The molecule has 0 bridgehead atoms. The first-order valence-corrected chi connectivity index (χ1v) is 10.1. The van der Waals surface area contributed by atoms with Crippen LogP contribution >= 0.6 is 0 Å². The third-order valence-electron chi connectivity index (χ3n) is 6.10. The lowest BCUT2D eigenvalue weighted by Gasteiger charge is -2.40. The van der Waals surface area contributed by atoms with Gasteiger partial charge in [0, 0.05) is 12.3 Å². The summed E-state index contributed by atoms with van der Waals surface area (Å²) < 4.78 is 1.63. The fourth-order valence-electron chi connectivity index (χ4n) is 4.62. The monoisotopic (exact) mass is 401 g/mol. The molecule has 1 aliphatic heterocycles. The highest BCUT2D eigenvalue weighted by atomic mass is 16.3. The van der Waals surface area contributed by atoms with Crippen molar-refractivity contribution in [3.8, 4) is 5.75 Å². The summed E-state index contributed by atoms with van der Waals surface area (Å²) >= 11 is 0. The van der Waals surface area contributed by atoms with Crippen LogP contribution < -0.4 is 15.8 Å². The van der Waals surface area contributed by atoms with Crippen molar-refractivity contribution in [1.82, 2.24) is 9.99 Å². The summed E-state index contributed by atoms with van der Waals surface area (Å²) in [7, 11) is 0. The minimum atomic E-state index is -0.563. The van der Waals surface area contributed by atoms with Crippen LogP contribution in [0.15, 0.2) is 53.5 Å². The SMILES string of the molecule is Cc1ccc2c(c1)C(N1CNC(=O)c3c(O)c(=O)ccn31)c1cc(C)ccc1CC2. The maximum atomic E-state index is 12.5.